The average Bonchev–Trinajstić information content (AvgIpc) is 2.45. The first kappa shape index (κ1) is 13.3. The molecule has 0 spiro atoms. The van der Waals surface area contributed by atoms with Gasteiger partial charge in [0.25, 0.3) is 0 Å². The van der Waals surface area contributed by atoms with E-state index >= 15 is 0 Å². The van der Waals surface area contributed by atoms with Crippen molar-refractivity contribution in [2.75, 3.05) is 6.54 Å². The lowest BCUT2D eigenvalue weighted by Crippen LogP contribution is -2.25. The van der Waals surface area contributed by atoms with Crippen LogP contribution in [-0.4, -0.2) is 16.5 Å². The van der Waals surface area contributed by atoms with Crippen LogP contribution in [-0.2, 0) is 0 Å². The Morgan fingerprint density at radius 1 is 1.25 bits per heavy atom. The minimum atomic E-state index is 0.166. The average molecular weight is 267 g/mol. The standard InChI is InChI=1S/C17H21N3/c1-2-19-17(16-10-11-18-12-20-16)15-9-4-3-8-14(15)13-6-5-7-13/h3-4,8-13,17,19H,2,5-7H2,1H3. The van der Waals surface area contributed by atoms with Crippen LogP contribution in [0.1, 0.15) is 55.0 Å². The maximum absolute atomic E-state index is 4.44. The van der Waals surface area contributed by atoms with Crippen LogP contribution in [0.2, 0.25) is 0 Å². The van der Waals surface area contributed by atoms with Gasteiger partial charge in [0.15, 0.2) is 0 Å². The smallest absolute Gasteiger partial charge is 0.115 e. The number of hydrogen-bond acceptors (Lipinski definition) is 3. The molecule has 1 unspecified atom stereocenters. The molecule has 3 rings (SSSR count). The highest BCUT2D eigenvalue weighted by molar-refractivity contribution is 5.38. The van der Waals surface area contributed by atoms with Gasteiger partial charge in [-0.25, -0.2) is 9.97 Å². The molecule has 1 N–H and O–H groups in total. The molecule has 1 aliphatic carbocycles. The molecule has 2 aromatic rings. The molecule has 20 heavy (non-hydrogen) atoms. The second-order valence-corrected chi connectivity index (χ2v) is 5.38. The number of hydrogen-bond donors (Lipinski definition) is 1. The van der Waals surface area contributed by atoms with Gasteiger partial charge >= 0.3 is 0 Å². The van der Waals surface area contributed by atoms with Crippen molar-refractivity contribution in [2.24, 2.45) is 0 Å². The molecule has 1 saturated carbocycles. The van der Waals surface area contributed by atoms with Gasteiger partial charge in [0.2, 0.25) is 0 Å². The van der Waals surface area contributed by atoms with Crippen molar-refractivity contribution < 1.29 is 0 Å². The molecule has 1 aromatic heterocycles. The highest BCUT2D eigenvalue weighted by Crippen LogP contribution is 2.40. The summed E-state index contributed by atoms with van der Waals surface area (Å²) in [7, 11) is 0. The van der Waals surface area contributed by atoms with Gasteiger partial charge in [-0.3, -0.25) is 0 Å². The van der Waals surface area contributed by atoms with E-state index in [1.807, 2.05) is 12.3 Å². The van der Waals surface area contributed by atoms with E-state index in [2.05, 4.69) is 46.5 Å². The first-order valence-corrected chi connectivity index (χ1v) is 7.48. The summed E-state index contributed by atoms with van der Waals surface area (Å²) in [6.45, 7) is 3.06. The quantitative estimate of drug-likeness (QED) is 0.901. The third-order valence-electron chi connectivity index (χ3n) is 4.16. The summed E-state index contributed by atoms with van der Waals surface area (Å²) in [6, 6.07) is 11.0. The van der Waals surface area contributed by atoms with Gasteiger partial charge in [-0.15, -0.1) is 0 Å². The Morgan fingerprint density at radius 3 is 2.75 bits per heavy atom. The van der Waals surface area contributed by atoms with E-state index in [-0.39, 0.29) is 6.04 Å². The Bertz CT molecular complexity index is 549. The van der Waals surface area contributed by atoms with Gasteiger partial charge in [0.1, 0.15) is 6.33 Å². The molecule has 0 aliphatic heterocycles. The van der Waals surface area contributed by atoms with E-state index in [9.17, 15) is 0 Å². The molecule has 3 heteroatoms. The van der Waals surface area contributed by atoms with Crippen LogP contribution in [0, 0.1) is 0 Å². The Kier molecular flexibility index (Phi) is 4.07. The Hall–Kier alpha value is -1.74. The summed E-state index contributed by atoms with van der Waals surface area (Å²) in [4.78, 5) is 8.47. The summed E-state index contributed by atoms with van der Waals surface area (Å²) in [5.41, 5.74) is 3.91. The van der Waals surface area contributed by atoms with Crippen molar-refractivity contribution >= 4 is 0 Å². The lowest BCUT2D eigenvalue weighted by molar-refractivity contribution is 0.414. The van der Waals surface area contributed by atoms with Crippen molar-refractivity contribution in [2.45, 2.75) is 38.1 Å². The van der Waals surface area contributed by atoms with E-state index < -0.39 is 0 Å². The molecule has 0 radical (unpaired) electrons. The third-order valence-corrected chi connectivity index (χ3v) is 4.16. The van der Waals surface area contributed by atoms with Crippen LogP contribution < -0.4 is 5.32 Å². The molecule has 1 fully saturated rings. The molecule has 0 bridgehead atoms. The number of benzene rings is 1. The van der Waals surface area contributed by atoms with E-state index in [4.69, 9.17) is 0 Å². The minimum absolute atomic E-state index is 0.166. The van der Waals surface area contributed by atoms with Crippen molar-refractivity contribution in [3.63, 3.8) is 0 Å². The zero-order valence-electron chi connectivity index (χ0n) is 11.9. The van der Waals surface area contributed by atoms with Gasteiger partial charge < -0.3 is 5.32 Å². The van der Waals surface area contributed by atoms with Crippen LogP contribution >= 0.6 is 0 Å². The lowest BCUT2D eigenvalue weighted by atomic mass is 9.77. The number of aromatic nitrogens is 2. The summed E-state index contributed by atoms with van der Waals surface area (Å²) in [5.74, 6) is 0.731. The van der Waals surface area contributed by atoms with E-state index in [1.54, 1.807) is 6.33 Å². The maximum atomic E-state index is 4.44. The van der Waals surface area contributed by atoms with Crippen molar-refractivity contribution in [1.29, 1.82) is 0 Å². The molecule has 1 aliphatic rings. The largest absolute Gasteiger partial charge is 0.305 e. The topological polar surface area (TPSA) is 37.8 Å². The molecule has 0 amide bonds. The fourth-order valence-electron chi connectivity index (χ4n) is 2.91. The summed E-state index contributed by atoms with van der Waals surface area (Å²) in [6.07, 6.45) is 7.45. The third kappa shape index (κ3) is 2.59. The van der Waals surface area contributed by atoms with Crippen LogP contribution in [0.25, 0.3) is 0 Å². The molecule has 1 aromatic carbocycles. The zero-order valence-corrected chi connectivity index (χ0v) is 11.9. The monoisotopic (exact) mass is 267 g/mol. The summed E-state index contributed by atoms with van der Waals surface area (Å²) in [5, 5.41) is 3.57. The predicted molar refractivity (Wildman–Crippen MR) is 80.6 cm³/mol. The van der Waals surface area contributed by atoms with Crippen LogP contribution in [0.15, 0.2) is 42.9 Å². The Labute approximate surface area is 120 Å². The van der Waals surface area contributed by atoms with Crippen molar-refractivity contribution in [3.8, 4) is 0 Å². The Morgan fingerprint density at radius 2 is 2.10 bits per heavy atom. The highest BCUT2D eigenvalue weighted by atomic mass is 14.9. The van der Waals surface area contributed by atoms with Crippen molar-refractivity contribution in [1.82, 2.24) is 15.3 Å². The van der Waals surface area contributed by atoms with Crippen LogP contribution in [0.3, 0.4) is 0 Å². The second kappa shape index (κ2) is 6.14. The molecular formula is C17H21N3. The fourth-order valence-corrected chi connectivity index (χ4v) is 2.91. The van der Waals surface area contributed by atoms with Gasteiger partial charge in [-0.05, 0) is 42.5 Å². The van der Waals surface area contributed by atoms with E-state index in [1.165, 1.54) is 30.4 Å². The van der Waals surface area contributed by atoms with Gasteiger partial charge in [0, 0.05) is 6.20 Å². The molecule has 1 atom stereocenters. The molecular weight excluding hydrogens is 246 g/mol. The summed E-state index contributed by atoms with van der Waals surface area (Å²) < 4.78 is 0. The summed E-state index contributed by atoms with van der Waals surface area (Å²) >= 11 is 0. The second-order valence-electron chi connectivity index (χ2n) is 5.38. The number of nitrogens with zero attached hydrogens (tertiary/aromatic N) is 2. The predicted octanol–water partition coefficient (Wildman–Crippen LogP) is 3.44. The first-order valence-electron chi connectivity index (χ1n) is 7.48. The number of rotatable bonds is 5. The normalized spacial score (nSPS) is 16.6. The fraction of sp³-hybridized carbons (Fsp3) is 0.412. The van der Waals surface area contributed by atoms with Crippen LogP contribution in [0.4, 0.5) is 0 Å². The molecule has 3 nitrogen and oxygen atoms in total. The molecule has 1 heterocycles. The SMILES string of the molecule is CCNC(c1ccncn1)c1ccccc1C1CCC1. The minimum Gasteiger partial charge on any atom is -0.305 e. The zero-order chi connectivity index (χ0) is 13.8. The van der Waals surface area contributed by atoms with E-state index in [0.29, 0.717) is 0 Å². The van der Waals surface area contributed by atoms with Crippen molar-refractivity contribution in [3.05, 3.63) is 59.7 Å². The maximum Gasteiger partial charge on any atom is 0.115 e. The van der Waals surface area contributed by atoms with Gasteiger partial charge in [-0.1, -0.05) is 37.6 Å². The first-order chi connectivity index (χ1) is 9.90. The number of nitrogens with one attached hydrogen (secondary N) is 1. The van der Waals surface area contributed by atoms with Gasteiger partial charge in [0.05, 0.1) is 11.7 Å². The lowest BCUT2D eigenvalue weighted by Gasteiger charge is -2.30. The molecule has 0 saturated heterocycles. The molecule has 104 valence electrons. The van der Waals surface area contributed by atoms with Gasteiger partial charge in [-0.2, -0.15) is 0 Å². The highest BCUT2D eigenvalue weighted by Gasteiger charge is 2.25. The Balaban J connectivity index is 1.99. The van der Waals surface area contributed by atoms with Crippen LogP contribution in [0.5, 0.6) is 0 Å². The van der Waals surface area contributed by atoms with E-state index in [0.717, 1.165) is 18.2 Å².